The number of anilines is 1. The van der Waals surface area contributed by atoms with Crippen molar-refractivity contribution in [2.45, 2.75) is 71.3 Å². The quantitative estimate of drug-likeness (QED) is 0.0419. The van der Waals surface area contributed by atoms with Gasteiger partial charge in [-0.15, -0.1) is 0 Å². The Morgan fingerprint density at radius 1 is 0.594 bits per heavy atom. The van der Waals surface area contributed by atoms with E-state index in [9.17, 15) is 4.79 Å². The summed E-state index contributed by atoms with van der Waals surface area (Å²) in [5.74, 6) is 1.38. The van der Waals surface area contributed by atoms with E-state index < -0.39 is 5.60 Å². The second-order valence-electron chi connectivity index (χ2n) is 18.3. The van der Waals surface area contributed by atoms with Crippen LogP contribution in [0.25, 0.3) is 0 Å². The minimum Gasteiger partial charge on any atom is -1.00 e. The van der Waals surface area contributed by atoms with Crippen molar-refractivity contribution < 1.29 is 78.6 Å². The number of likely N-dealkylation sites (N-methyl/N-ethyl adjacent to an activating group) is 1. The fourth-order valence-electron chi connectivity index (χ4n) is 7.82. The van der Waals surface area contributed by atoms with Crippen molar-refractivity contribution in [2.75, 3.05) is 152 Å². The van der Waals surface area contributed by atoms with Crippen LogP contribution in [-0.2, 0) is 63.0 Å². The molecule has 0 fully saturated rings. The molecule has 0 bridgehead atoms. The zero-order valence-electron chi connectivity index (χ0n) is 43.1. The highest BCUT2D eigenvalue weighted by Crippen LogP contribution is 2.48. The van der Waals surface area contributed by atoms with Gasteiger partial charge in [-0.25, -0.2) is 0 Å². The van der Waals surface area contributed by atoms with Crippen molar-refractivity contribution in [3.63, 3.8) is 0 Å². The van der Waals surface area contributed by atoms with Crippen LogP contribution in [0.1, 0.15) is 66.0 Å². The second-order valence-corrected chi connectivity index (χ2v) is 18.3. The lowest BCUT2D eigenvalue weighted by molar-refractivity contribution is -0.401. The van der Waals surface area contributed by atoms with Crippen LogP contribution in [0.4, 0.5) is 11.4 Å². The number of hydrogen-bond donors (Lipinski definition) is 0. The van der Waals surface area contributed by atoms with Crippen molar-refractivity contribution in [1.29, 1.82) is 0 Å². The first-order chi connectivity index (χ1) is 32.7. The molecule has 0 aliphatic carbocycles. The van der Waals surface area contributed by atoms with Crippen LogP contribution in [-0.4, -0.2) is 169 Å². The Balaban J connectivity index is 0.0000126. The van der Waals surface area contributed by atoms with Gasteiger partial charge in [-0.1, -0.05) is 32.1 Å². The van der Waals surface area contributed by atoms with Crippen LogP contribution in [0.3, 0.4) is 0 Å². The molecule has 0 aromatic heterocycles. The molecule has 0 saturated carbocycles. The number of benzene rings is 2. The average Bonchev–Trinajstić information content (AvgIpc) is 3.60. The van der Waals surface area contributed by atoms with Crippen LogP contribution >= 0.6 is 0 Å². The van der Waals surface area contributed by atoms with Crippen LogP contribution in [0.15, 0.2) is 72.5 Å². The minimum atomic E-state index is -0.483. The molecule has 15 nitrogen and oxygen atoms in total. The normalized spacial score (nSPS) is 15.6. The molecular formula is C53H81ClN2O13. The smallest absolute Gasteiger partial charge is 0.308 e. The molecule has 0 radical (unpaired) electrons. The van der Waals surface area contributed by atoms with Crippen molar-refractivity contribution in [1.82, 2.24) is 0 Å². The second kappa shape index (κ2) is 31.5. The lowest BCUT2D eigenvalue weighted by Crippen LogP contribution is -3.00. The summed E-state index contributed by atoms with van der Waals surface area (Å²) in [6, 6.07) is 12.6. The summed E-state index contributed by atoms with van der Waals surface area (Å²) in [5.41, 5.74) is 6.30. The van der Waals surface area contributed by atoms with Gasteiger partial charge in [0, 0.05) is 48.7 Å². The van der Waals surface area contributed by atoms with E-state index >= 15 is 0 Å². The van der Waals surface area contributed by atoms with Gasteiger partial charge in [0.2, 0.25) is 5.69 Å². The van der Waals surface area contributed by atoms with E-state index in [0.717, 1.165) is 11.5 Å². The third-order valence-electron chi connectivity index (χ3n) is 11.3. The molecule has 0 amide bonds. The van der Waals surface area contributed by atoms with Gasteiger partial charge < -0.3 is 74.1 Å². The summed E-state index contributed by atoms with van der Waals surface area (Å²) in [7, 11) is 5.89. The van der Waals surface area contributed by atoms with Gasteiger partial charge in [0.05, 0.1) is 124 Å². The van der Waals surface area contributed by atoms with Gasteiger partial charge in [-0.3, -0.25) is 4.79 Å². The average molecular weight is 990 g/mol. The number of halogens is 1. The number of methoxy groups -OCH3 is 1. The molecule has 69 heavy (non-hydrogen) atoms. The molecule has 0 N–H and O–H groups in total. The maximum Gasteiger partial charge on any atom is 0.308 e. The standard InChI is InChI=1S/C53H81N2O13.ClH/c1-51(2,3)68-50(56)20-21-58-24-25-60-28-29-62-30-31-63-33-35-65-37-39-67-43-17-19-47-45(41-43)53(6,7)49(55(47)9)15-13-11-12-14-48-52(4,5)44-40-42(16-18-46(44)54(48)8)66-38-36-64-34-32-61-27-26-59-23-22-57-10;/h11-19,40-41H,20-39H2,1-10H3;1H/q+1;/p-1. The molecule has 0 unspecified atom stereocenters. The Bertz CT molecular complexity index is 1940. The molecule has 4 rings (SSSR count). The maximum atomic E-state index is 11.7. The molecule has 16 heteroatoms. The Morgan fingerprint density at radius 2 is 1.04 bits per heavy atom. The van der Waals surface area contributed by atoms with Crippen LogP contribution in [0.5, 0.6) is 11.5 Å². The van der Waals surface area contributed by atoms with Crippen molar-refractivity contribution in [2.24, 2.45) is 0 Å². The SMILES string of the molecule is COCCOCCOCCOCCOc1ccc2c(c1)C(C)(C)C(/C=C/C=C/C=C1/N(C)c3ccc(OCCOCCOCCOCCOCCOCCC(=O)OC(C)(C)C)cc3C1(C)C)=[N+]2C.[Cl-]. The number of esters is 1. The van der Waals surface area contributed by atoms with Crippen LogP contribution in [0, 0.1) is 0 Å². The van der Waals surface area contributed by atoms with E-state index in [1.807, 2.05) is 32.9 Å². The molecule has 2 aromatic rings. The number of carbonyl (C=O) groups excluding carboxylic acids is 1. The highest BCUT2D eigenvalue weighted by Gasteiger charge is 2.43. The van der Waals surface area contributed by atoms with Crippen molar-refractivity contribution in [3.8, 4) is 11.5 Å². The predicted molar refractivity (Wildman–Crippen MR) is 264 cm³/mol. The summed E-state index contributed by atoms with van der Waals surface area (Å²) in [4.78, 5) is 13.9. The molecule has 0 saturated heterocycles. The van der Waals surface area contributed by atoms with Gasteiger partial charge in [-0.05, 0) is 76.6 Å². The van der Waals surface area contributed by atoms with E-state index in [2.05, 4.69) is 106 Å². The van der Waals surface area contributed by atoms with Gasteiger partial charge >= 0.3 is 5.97 Å². The zero-order valence-corrected chi connectivity index (χ0v) is 43.8. The highest BCUT2D eigenvalue weighted by molar-refractivity contribution is 6.03. The third-order valence-corrected chi connectivity index (χ3v) is 11.3. The topological polar surface area (TPSA) is 134 Å². The zero-order chi connectivity index (χ0) is 49.3. The number of fused-ring (bicyclic) bond motifs is 2. The maximum absolute atomic E-state index is 11.7. The summed E-state index contributed by atoms with van der Waals surface area (Å²) in [6.07, 6.45) is 11.0. The van der Waals surface area contributed by atoms with E-state index in [0.29, 0.717) is 126 Å². The number of nitrogens with zero attached hydrogens (tertiary/aromatic N) is 2. The number of rotatable bonds is 35. The van der Waals surface area contributed by atoms with Gasteiger partial charge in [-0.2, -0.15) is 4.58 Å². The number of ether oxygens (including phenoxy) is 12. The first-order valence-corrected chi connectivity index (χ1v) is 23.9. The van der Waals surface area contributed by atoms with E-state index in [4.69, 9.17) is 56.8 Å². The Morgan fingerprint density at radius 3 is 1.54 bits per heavy atom. The van der Waals surface area contributed by atoms with Crippen LogP contribution < -0.4 is 26.8 Å². The largest absolute Gasteiger partial charge is 1.00 e. The van der Waals surface area contributed by atoms with Gasteiger partial charge in [0.25, 0.3) is 0 Å². The Labute approximate surface area is 418 Å². The molecule has 2 aromatic carbocycles. The highest BCUT2D eigenvalue weighted by atomic mass is 35.5. The molecule has 0 atom stereocenters. The summed E-state index contributed by atoms with van der Waals surface area (Å²) in [5, 5.41) is 0. The molecule has 2 heterocycles. The van der Waals surface area contributed by atoms with E-state index in [1.54, 1.807) is 7.11 Å². The number of hydrogen-bond acceptors (Lipinski definition) is 14. The first-order valence-electron chi connectivity index (χ1n) is 23.9. The summed E-state index contributed by atoms with van der Waals surface area (Å²) >= 11 is 0. The molecular weight excluding hydrogens is 908 g/mol. The predicted octanol–water partition coefficient (Wildman–Crippen LogP) is 4.39. The lowest BCUT2D eigenvalue weighted by atomic mass is 9.81. The molecule has 388 valence electrons. The number of carbonyl (C=O) groups is 1. The van der Waals surface area contributed by atoms with Crippen LogP contribution in [0.2, 0.25) is 0 Å². The number of allylic oxidation sites excluding steroid dienone is 6. The van der Waals surface area contributed by atoms with Crippen molar-refractivity contribution in [3.05, 3.63) is 83.6 Å². The minimum absolute atomic E-state index is 0. The monoisotopic (exact) mass is 989 g/mol. The van der Waals surface area contributed by atoms with E-state index in [-0.39, 0.29) is 35.6 Å². The summed E-state index contributed by atoms with van der Waals surface area (Å²) < 4.78 is 69.0. The summed E-state index contributed by atoms with van der Waals surface area (Å²) in [6.45, 7) is 23.6. The Kier molecular flexibility index (Phi) is 27.1. The fourth-order valence-corrected chi connectivity index (χ4v) is 7.82. The Hall–Kier alpha value is -3.87. The first kappa shape index (κ1) is 59.4. The van der Waals surface area contributed by atoms with Gasteiger partial charge in [0.1, 0.15) is 37.4 Å². The van der Waals surface area contributed by atoms with Gasteiger partial charge in [0.15, 0.2) is 5.71 Å². The molecule has 2 aliphatic heterocycles. The van der Waals surface area contributed by atoms with Crippen molar-refractivity contribution >= 4 is 23.1 Å². The molecule has 0 spiro atoms. The third kappa shape index (κ3) is 20.4. The lowest BCUT2D eigenvalue weighted by Gasteiger charge is -2.23. The molecule has 2 aliphatic rings. The fraction of sp³-hybridized carbons (Fsp3) is 0.623. The van der Waals surface area contributed by atoms with E-state index in [1.165, 1.54) is 33.9 Å².